The Hall–Kier alpha value is -2.84. The van der Waals surface area contributed by atoms with Gasteiger partial charge in [-0.3, -0.25) is 0 Å². The van der Waals surface area contributed by atoms with Gasteiger partial charge in [-0.2, -0.15) is 0 Å². The van der Waals surface area contributed by atoms with E-state index in [2.05, 4.69) is 71.0 Å². The number of aliphatic imine (C=N–C) groups is 1. The molecule has 5 rings (SSSR count). The van der Waals surface area contributed by atoms with E-state index in [-0.39, 0.29) is 6.04 Å². The minimum absolute atomic E-state index is 0.0754. The van der Waals surface area contributed by atoms with Crippen LogP contribution >= 0.6 is 11.6 Å². The lowest BCUT2D eigenvalue weighted by atomic mass is 9.89. The summed E-state index contributed by atoms with van der Waals surface area (Å²) in [6, 6.07) is 23.4. The van der Waals surface area contributed by atoms with E-state index in [1.54, 1.807) is 0 Å². The number of aryl methyl sites for hydroxylation is 1. The molecular weight excluding hydrogens is 352 g/mol. The molecule has 2 aliphatic rings. The van der Waals surface area contributed by atoms with Gasteiger partial charge in [0.2, 0.25) is 0 Å². The molecule has 2 nitrogen and oxygen atoms in total. The number of allylic oxidation sites excluding steroid dienone is 1. The van der Waals surface area contributed by atoms with Gasteiger partial charge in [0.15, 0.2) is 5.29 Å². The van der Waals surface area contributed by atoms with E-state index in [0.717, 1.165) is 29.7 Å². The van der Waals surface area contributed by atoms with E-state index in [0.29, 0.717) is 5.29 Å². The molecule has 1 atom stereocenters. The molecule has 0 bridgehead atoms. The largest absolute Gasteiger partial charge is 0.330 e. The van der Waals surface area contributed by atoms with Gasteiger partial charge in [0.1, 0.15) is 6.04 Å². The van der Waals surface area contributed by atoms with Crippen molar-refractivity contribution in [1.29, 1.82) is 0 Å². The fourth-order valence-electron chi connectivity index (χ4n) is 3.99. The van der Waals surface area contributed by atoms with Gasteiger partial charge in [0, 0.05) is 11.3 Å². The van der Waals surface area contributed by atoms with Gasteiger partial charge < -0.3 is 5.32 Å². The monoisotopic (exact) mass is 370 g/mol. The molecule has 132 valence electrons. The summed E-state index contributed by atoms with van der Waals surface area (Å²) in [6.45, 7) is 0. The second kappa shape index (κ2) is 6.71. The maximum Gasteiger partial charge on any atom is 0.196 e. The van der Waals surface area contributed by atoms with Crippen LogP contribution in [0.5, 0.6) is 0 Å². The van der Waals surface area contributed by atoms with Crippen molar-refractivity contribution in [1.82, 2.24) is 0 Å². The lowest BCUT2D eigenvalue weighted by Gasteiger charge is -2.23. The molecule has 0 amide bonds. The molecule has 0 saturated carbocycles. The zero-order valence-corrected chi connectivity index (χ0v) is 15.6. The Morgan fingerprint density at radius 3 is 2.67 bits per heavy atom. The molecule has 3 aromatic rings. The number of rotatable bonds is 2. The van der Waals surface area contributed by atoms with Crippen LogP contribution in [0.25, 0.3) is 17.2 Å². The van der Waals surface area contributed by atoms with Crippen LogP contribution in [0.1, 0.15) is 34.7 Å². The zero-order valence-electron chi connectivity index (χ0n) is 14.8. The number of halogens is 1. The lowest BCUT2D eigenvalue weighted by Crippen LogP contribution is -2.16. The summed E-state index contributed by atoms with van der Waals surface area (Å²) in [7, 11) is 0. The van der Waals surface area contributed by atoms with Crippen molar-refractivity contribution >= 4 is 28.7 Å². The Kier molecular flexibility index (Phi) is 4.06. The average molecular weight is 371 g/mol. The molecule has 0 spiro atoms. The van der Waals surface area contributed by atoms with Crippen molar-refractivity contribution in [3.05, 3.63) is 95.1 Å². The molecule has 0 radical (unpaired) electrons. The number of anilines is 1. The average Bonchev–Trinajstić information content (AvgIpc) is 2.73. The van der Waals surface area contributed by atoms with Gasteiger partial charge >= 0.3 is 0 Å². The van der Waals surface area contributed by atoms with E-state index in [1.807, 2.05) is 18.2 Å². The first-order chi connectivity index (χ1) is 13.3. The van der Waals surface area contributed by atoms with E-state index >= 15 is 0 Å². The molecule has 1 aliphatic carbocycles. The van der Waals surface area contributed by atoms with E-state index < -0.39 is 0 Å². The molecule has 0 aromatic heterocycles. The summed E-state index contributed by atoms with van der Waals surface area (Å²) >= 11 is 6.23. The van der Waals surface area contributed by atoms with E-state index in [9.17, 15) is 0 Å². The first-order valence-corrected chi connectivity index (χ1v) is 9.65. The predicted molar refractivity (Wildman–Crippen MR) is 114 cm³/mol. The van der Waals surface area contributed by atoms with E-state index in [4.69, 9.17) is 11.6 Å². The quantitative estimate of drug-likeness (QED) is 0.517. The maximum atomic E-state index is 6.23. The summed E-state index contributed by atoms with van der Waals surface area (Å²) in [5, 5.41) is 3.57. The standard InChI is InChI=1S/C24H19ClN2/c25-24-26-22-11-4-3-9-21(22)23(27-24)18-14-12-17(13-15-18)20-10-5-7-16-6-1-2-8-19(16)20/h2-5,7-15,23H,1,6H2,(H,26,27). The Morgan fingerprint density at radius 2 is 1.78 bits per heavy atom. The molecule has 27 heavy (non-hydrogen) atoms. The molecule has 3 aromatic carbocycles. The van der Waals surface area contributed by atoms with Crippen LogP contribution < -0.4 is 5.32 Å². The minimum atomic E-state index is -0.0754. The topological polar surface area (TPSA) is 24.4 Å². The molecule has 0 saturated heterocycles. The molecule has 1 heterocycles. The molecular formula is C24H19ClN2. The SMILES string of the molecule is ClC1=NC(c2ccc(-c3cccc4c3C=CCC4)cc2)c2ccccc2N1. The number of fused-ring (bicyclic) bond motifs is 2. The predicted octanol–water partition coefficient (Wildman–Crippen LogP) is 6.42. The van der Waals surface area contributed by atoms with Gasteiger partial charge in [-0.15, -0.1) is 0 Å². The number of nitrogens with zero attached hydrogens (tertiary/aromatic N) is 1. The van der Waals surface area contributed by atoms with Crippen LogP contribution in [0.15, 0.2) is 77.8 Å². The van der Waals surface area contributed by atoms with Gasteiger partial charge in [-0.05, 0) is 58.3 Å². The van der Waals surface area contributed by atoms with Crippen LogP contribution in [-0.2, 0) is 6.42 Å². The molecule has 1 N–H and O–H groups in total. The number of para-hydroxylation sites is 1. The van der Waals surface area contributed by atoms with Gasteiger partial charge in [-0.1, -0.05) is 72.8 Å². The Balaban J connectivity index is 1.54. The number of hydrogen-bond donors (Lipinski definition) is 1. The Labute approximate surface area is 164 Å². The highest BCUT2D eigenvalue weighted by atomic mass is 35.5. The third-order valence-electron chi connectivity index (χ3n) is 5.33. The van der Waals surface area contributed by atoms with Gasteiger partial charge in [0.25, 0.3) is 0 Å². The fourth-order valence-corrected chi connectivity index (χ4v) is 4.19. The number of nitrogens with one attached hydrogen (secondary N) is 1. The second-order valence-corrected chi connectivity index (χ2v) is 7.33. The highest BCUT2D eigenvalue weighted by molar-refractivity contribution is 6.67. The third kappa shape index (κ3) is 2.96. The van der Waals surface area contributed by atoms with Crippen molar-refractivity contribution in [3.8, 4) is 11.1 Å². The molecule has 0 fully saturated rings. The normalized spacial score (nSPS) is 17.5. The number of benzene rings is 3. The van der Waals surface area contributed by atoms with Crippen molar-refractivity contribution in [2.45, 2.75) is 18.9 Å². The maximum absolute atomic E-state index is 6.23. The minimum Gasteiger partial charge on any atom is -0.330 e. The number of hydrogen-bond acceptors (Lipinski definition) is 2. The van der Waals surface area contributed by atoms with Gasteiger partial charge in [0.05, 0.1) is 0 Å². The third-order valence-corrected chi connectivity index (χ3v) is 5.53. The first kappa shape index (κ1) is 16.3. The first-order valence-electron chi connectivity index (χ1n) is 9.27. The highest BCUT2D eigenvalue weighted by Crippen LogP contribution is 2.37. The lowest BCUT2D eigenvalue weighted by molar-refractivity contribution is 0.868. The van der Waals surface area contributed by atoms with Crippen LogP contribution in [0.3, 0.4) is 0 Å². The fraction of sp³-hybridized carbons (Fsp3) is 0.125. The summed E-state index contributed by atoms with van der Waals surface area (Å²) in [6.07, 6.45) is 6.78. The van der Waals surface area contributed by atoms with Crippen molar-refractivity contribution in [2.24, 2.45) is 4.99 Å². The van der Waals surface area contributed by atoms with Crippen molar-refractivity contribution < 1.29 is 0 Å². The smallest absolute Gasteiger partial charge is 0.196 e. The summed E-state index contributed by atoms with van der Waals surface area (Å²) in [5.41, 5.74) is 8.63. The van der Waals surface area contributed by atoms with Crippen LogP contribution in [0.2, 0.25) is 0 Å². The zero-order chi connectivity index (χ0) is 18.2. The van der Waals surface area contributed by atoms with Crippen molar-refractivity contribution in [3.63, 3.8) is 0 Å². The Morgan fingerprint density at radius 1 is 0.926 bits per heavy atom. The molecule has 3 heteroatoms. The van der Waals surface area contributed by atoms with Gasteiger partial charge in [-0.25, -0.2) is 4.99 Å². The highest BCUT2D eigenvalue weighted by Gasteiger charge is 2.22. The summed E-state index contributed by atoms with van der Waals surface area (Å²) < 4.78 is 0. The van der Waals surface area contributed by atoms with Crippen molar-refractivity contribution in [2.75, 3.05) is 5.32 Å². The molecule has 1 aliphatic heterocycles. The Bertz CT molecular complexity index is 1060. The van der Waals surface area contributed by atoms with E-state index in [1.165, 1.54) is 22.3 Å². The van der Waals surface area contributed by atoms with Crippen LogP contribution in [0.4, 0.5) is 5.69 Å². The second-order valence-electron chi connectivity index (χ2n) is 6.98. The summed E-state index contributed by atoms with van der Waals surface area (Å²) in [4.78, 5) is 4.63. The summed E-state index contributed by atoms with van der Waals surface area (Å²) in [5.74, 6) is 0. The van der Waals surface area contributed by atoms with Crippen LogP contribution in [-0.4, -0.2) is 5.29 Å². The van der Waals surface area contributed by atoms with Crippen LogP contribution in [0, 0.1) is 0 Å². The molecule has 1 unspecified atom stereocenters. The number of amidine groups is 1.